The van der Waals surface area contributed by atoms with Crippen molar-refractivity contribution in [1.82, 2.24) is 4.90 Å². The minimum atomic E-state index is -0.0195. The molecule has 1 aliphatic heterocycles. The van der Waals surface area contributed by atoms with Crippen LogP contribution in [0.25, 0.3) is 0 Å². The number of esters is 1. The molecule has 0 N–H and O–H groups in total. The number of likely N-dealkylation sites (tertiary alicyclic amines) is 1. The van der Waals surface area contributed by atoms with Crippen molar-refractivity contribution in [1.29, 1.82) is 0 Å². The molecule has 0 radical (unpaired) electrons. The monoisotopic (exact) mass is 419 g/mol. The molecule has 1 aromatic rings. The Morgan fingerprint density at radius 1 is 1.25 bits per heavy atom. The van der Waals surface area contributed by atoms with Crippen LogP contribution in [0.2, 0.25) is 0 Å². The van der Waals surface area contributed by atoms with Crippen LogP contribution < -0.4 is 4.74 Å². The molecular formula is C18H27BrClNO3. The summed E-state index contributed by atoms with van der Waals surface area (Å²) in [5.74, 6) is 0.988. The van der Waals surface area contributed by atoms with Gasteiger partial charge in [0, 0.05) is 0 Å². The highest BCUT2D eigenvalue weighted by molar-refractivity contribution is 9.10. The van der Waals surface area contributed by atoms with Gasteiger partial charge in [0.15, 0.2) is 0 Å². The first kappa shape index (κ1) is 21.3. The molecule has 0 unspecified atom stereocenters. The van der Waals surface area contributed by atoms with E-state index in [1.54, 1.807) is 0 Å². The van der Waals surface area contributed by atoms with Gasteiger partial charge in [-0.3, -0.25) is 4.79 Å². The molecule has 1 fully saturated rings. The van der Waals surface area contributed by atoms with Crippen molar-refractivity contribution < 1.29 is 14.3 Å². The van der Waals surface area contributed by atoms with Crippen LogP contribution in [0.1, 0.15) is 32.6 Å². The van der Waals surface area contributed by atoms with Crippen LogP contribution in [-0.2, 0) is 9.53 Å². The molecule has 2 rings (SSSR count). The van der Waals surface area contributed by atoms with Crippen LogP contribution in [0.5, 0.6) is 5.75 Å². The molecule has 1 saturated heterocycles. The van der Waals surface area contributed by atoms with E-state index in [-0.39, 0.29) is 24.3 Å². The van der Waals surface area contributed by atoms with Gasteiger partial charge >= 0.3 is 5.97 Å². The number of ether oxygens (including phenoxy) is 2. The molecule has 0 saturated carbocycles. The lowest BCUT2D eigenvalue weighted by Gasteiger charge is -2.30. The number of benzene rings is 1. The minimum Gasteiger partial charge on any atom is -0.492 e. The number of hydrogen-bond acceptors (Lipinski definition) is 4. The number of halogens is 2. The zero-order valence-electron chi connectivity index (χ0n) is 14.2. The van der Waals surface area contributed by atoms with E-state index in [0.29, 0.717) is 6.61 Å². The zero-order valence-corrected chi connectivity index (χ0v) is 16.6. The fourth-order valence-corrected chi connectivity index (χ4v) is 3.23. The second-order valence-corrected chi connectivity index (χ2v) is 6.71. The van der Waals surface area contributed by atoms with Gasteiger partial charge in [-0.05, 0) is 80.3 Å². The number of unbranched alkanes of at least 4 members (excludes halogenated alkanes) is 1. The Bertz CT molecular complexity index is 493. The Kier molecular flexibility index (Phi) is 10.4. The first-order valence-electron chi connectivity index (χ1n) is 8.47. The Labute approximate surface area is 159 Å². The number of piperidine rings is 1. The normalized spacial score (nSPS) is 15.6. The molecule has 6 heteroatoms. The van der Waals surface area contributed by atoms with Crippen molar-refractivity contribution in [3.05, 3.63) is 28.7 Å². The van der Waals surface area contributed by atoms with E-state index >= 15 is 0 Å². The number of hydrogen-bond donors (Lipinski definition) is 0. The van der Waals surface area contributed by atoms with Crippen LogP contribution in [0, 0.1) is 5.92 Å². The summed E-state index contributed by atoms with van der Waals surface area (Å²) in [4.78, 5) is 14.1. The highest BCUT2D eigenvalue weighted by Crippen LogP contribution is 2.24. The summed E-state index contributed by atoms with van der Waals surface area (Å²) in [5.41, 5.74) is 0. The number of para-hydroxylation sites is 1. The third kappa shape index (κ3) is 6.99. The fourth-order valence-electron chi connectivity index (χ4n) is 2.83. The topological polar surface area (TPSA) is 38.8 Å². The highest BCUT2D eigenvalue weighted by Gasteiger charge is 2.25. The lowest BCUT2D eigenvalue weighted by molar-refractivity contribution is -0.149. The van der Waals surface area contributed by atoms with Gasteiger partial charge in [-0.15, -0.1) is 12.4 Å². The minimum absolute atomic E-state index is 0. The van der Waals surface area contributed by atoms with Crippen LogP contribution in [-0.4, -0.2) is 43.7 Å². The lowest BCUT2D eigenvalue weighted by Crippen LogP contribution is -2.37. The SMILES string of the molecule is CCOC(=O)C1CCN(CCCCOc2ccccc2Br)CC1.Cl. The maximum absolute atomic E-state index is 11.7. The van der Waals surface area contributed by atoms with E-state index in [2.05, 4.69) is 20.8 Å². The van der Waals surface area contributed by atoms with Crippen molar-refractivity contribution in [3.8, 4) is 5.75 Å². The summed E-state index contributed by atoms with van der Waals surface area (Å²) >= 11 is 3.49. The molecule has 1 heterocycles. The summed E-state index contributed by atoms with van der Waals surface area (Å²) in [7, 11) is 0. The predicted molar refractivity (Wildman–Crippen MR) is 102 cm³/mol. The third-order valence-electron chi connectivity index (χ3n) is 4.17. The smallest absolute Gasteiger partial charge is 0.309 e. The fraction of sp³-hybridized carbons (Fsp3) is 0.611. The van der Waals surface area contributed by atoms with E-state index in [9.17, 15) is 4.79 Å². The molecule has 0 aromatic heterocycles. The second-order valence-electron chi connectivity index (χ2n) is 5.85. The van der Waals surface area contributed by atoms with Crippen LogP contribution >= 0.6 is 28.3 Å². The average Bonchev–Trinajstić information content (AvgIpc) is 2.57. The Morgan fingerprint density at radius 3 is 2.62 bits per heavy atom. The van der Waals surface area contributed by atoms with Gasteiger partial charge < -0.3 is 14.4 Å². The molecular weight excluding hydrogens is 394 g/mol. The van der Waals surface area contributed by atoms with Crippen LogP contribution in [0.3, 0.4) is 0 Å². The maximum Gasteiger partial charge on any atom is 0.309 e. The molecule has 4 nitrogen and oxygen atoms in total. The number of carbonyl (C=O) groups is 1. The molecule has 0 bridgehead atoms. The lowest BCUT2D eigenvalue weighted by atomic mass is 9.97. The Hall–Kier alpha value is -0.780. The highest BCUT2D eigenvalue weighted by atomic mass is 79.9. The molecule has 1 aliphatic rings. The van der Waals surface area contributed by atoms with Crippen molar-refractivity contribution in [3.63, 3.8) is 0 Å². The average molecular weight is 421 g/mol. The second kappa shape index (κ2) is 11.7. The van der Waals surface area contributed by atoms with Gasteiger partial charge in [0.05, 0.1) is 23.6 Å². The van der Waals surface area contributed by atoms with Crippen molar-refractivity contribution in [2.75, 3.05) is 32.8 Å². The quantitative estimate of drug-likeness (QED) is 0.464. The van der Waals surface area contributed by atoms with E-state index in [0.717, 1.165) is 62.1 Å². The van der Waals surface area contributed by atoms with Crippen LogP contribution in [0.4, 0.5) is 0 Å². The van der Waals surface area contributed by atoms with E-state index < -0.39 is 0 Å². The summed E-state index contributed by atoms with van der Waals surface area (Å²) < 4.78 is 11.9. The number of nitrogens with zero attached hydrogens (tertiary/aromatic N) is 1. The van der Waals surface area contributed by atoms with Gasteiger partial charge in [-0.1, -0.05) is 12.1 Å². The van der Waals surface area contributed by atoms with E-state index in [4.69, 9.17) is 9.47 Å². The summed E-state index contributed by atoms with van der Waals surface area (Å²) in [6, 6.07) is 7.93. The number of rotatable bonds is 8. The summed E-state index contributed by atoms with van der Waals surface area (Å²) in [5, 5.41) is 0. The number of carbonyl (C=O) groups excluding carboxylic acids is 1. The maximum atomic E-state index is 11.7. The third-order valence-corrected chi connectivity index (χ3v) is 4.83. The molecule has 0 spiro atoms. The Balaban J connectivity index is 0.00000288. The van der Waals surface area contributed by atoms with Crippen molar-refractivity contribution in [2.45, 2.75) is 32.6 Å². The molecule has 136 valence electrons. The molecule has 1 aromatic carbocycles. The van der Waals surface area contributed by atoms with Gasteiger partial charge in [-0.2, -0.15) is 0 Å². The Morgan fingerprint density at radius 2 is 1.96 bits per heavy atom. The van der Waals surface area contributed by atoms with Gasteiger partial charge in [-0.25, -0.2) is 0 Å². The van der Waals surface area contributed by atoms with Crippen molar-refractivity contribution >= 4 is 34.3 Å². The standard InChI is InChI=1S/C18H26BrNO3.ClH/c1-2-22-18(21)15-9-12-20(13-10-15)11-5-6-14-23-17-8-4-3-7-16(17)19;/h3-4,7-8,15H,2,5-6,9-14H2,1H3;1H. The van der Waals surface area contributed by atoms with Gasteiger partial charge in [0.2, 0.25) is 0 Å². The molecule has 24 heavy (non-hydrogen) atoms. The van der Waals surface area contributed by atoms with Crippen LogP contribution in [0.15, 0.2) is 28.7 Å². The van der Waals surface area contributed by atoms with Crippen molar-refractivity contribution in [2.24, 2.45) is 5.92 Å². The molecule has 0 atom stereocenters. The van der Waals surface area contributed by atoms with E-state index in [1.807, 2.05) is 31.2 Å². The van der Waals surface area contributed by atoms with E-state index in [1.165, 1.54) is 0 Å². The first-order chi connectivity index (χ1) is 11.2. The van der Waals surface area contributed by atoms with Gasteiger partial charge in [0.1, 0.15) is 5.75 Å². The molecule has 0 amide bonds. The largest absolute Gasteiger partial charge is 0.492 e. The zero-order chi connectivity index (χ0) is 16.5. The molecule has 0 aliphatic carbocycles. The van der Waals surface area contributed by atoms with Gasteiger partial charge in [0.25, 0.3) is 0 Å². The first-order valence-corrected chi connectivity index (χ1v) is 9.26. The summed E-state index contributed by atoms with van der Waals surface area (Å²) in [6.45, 7) is 6.15. The predicted octanol–water partition coefficient (Wildman–Crippen LogP) is 4.31. The summed E-state index contributed by atoms with van der Waals surface area (Å²) in [6.07, 6.45) is 4.01.